The van der Waals surface area contributed by atoms with E-state index >= 15 is 0 Å². The molecular formula is C12H27N3O3S. The standard InChI is InChI=1S/C12H27N3O3S/c1-4-5-6-14(3)19(16,17)13-11-12(2)15-7-9-18-10-8-15/h12-13H,4-11H2,1-3H3. The van der Waals surface area contributed by atoms with Crippen LogP contribution in [-0.4, -0.2) is 70.1 Å². The van der Waals surface area contributed by atoms with Crippen molar-refractivity contribution in [2.75, 3.05) is 46.4 Å². The molecule has 0 radical (unpaired) electrons. The van der Waals surface area contributed by atoms with Crippen LogP contribution < -0.4 is 4.72 Å². The fourth-order valence-corrected chi connectivity index (χ4v) is 3.03. The number of hydrogen-bond donors (Lipinski definition) is 1. The lowest BCUT2D eigenvalue weighted by molar-refractivity contribution is 0.0213. The van der Waals surface area contributed by atoms with E-state index < -0.39 is 10.2 Å². The third-order valence-electron chi connectivity index (χ3n) is 3.47. The third kappa shape index (κ3) is 5.74. The summed E-state index contributed by atoms with van der Waals surface area (Å²) in [4.78, 5) is 2.25. The van der Waals surface area contributed by atoms with Crippen molar-refractivity contribution in [2.45, 2.75) is 32.7 Å². The van der Waals surface area contributed by atoms with E-state index in [0.717, 1.165) is 39.1 Å². The van der Waals surface area contributed by atoms with E-state index in [0.29, 0.717) is 13.1 Å². The summed E-state index contributed by atoms with van der Waals surface area (Å²) >= 11 is 0. The summed E-state index contributed by atoms with van der Waals surface area (Å²) in [5, 5.41) is 0. The average molecular weight is 293 g/mol. The average Bonchev–Trinajstić information content (AvgIpc) is 2.43. The molecule has 1 rings (SSSR count). The van der Waals surface area contributed by atoms with Crippen LogP contribution in [0.4, 0.5) is 0 Å². The van der Waals surface area contributed by atoms with Gasteiger partial charge in [0.25, 0.3) is 10.2 Å². The molecule has 114 valence electrons. The van der Waals surface area contributed by atoms with Crippen molar-refractivity contribution in [3.8, 4) is 0 Å². The maximum absolute atomic E-state index is 12.0. The van der Waals surface area contributed by atoms with Gasteiger partial charge in [0.15, 0.2) is 0 Å². The van der Waals surface area contributed by atoms with Crippen LogP contribution >= 0.6 is 0 Å². The van der Waals surface area contributed by atoms with Crippen LogP contribution in [-0.2, 0) is 14.9 Å². The van der Waals surface area contributed by atoms with Gasteiger partial charge < -0.3 is 4.74 Å². The smallest absolute Gasteiger partial charge is 0.279 e. The van der Waals surface area contributed by atoms with Gasteiger partial charge >= 0.3 is 0 Å². The van der Waals surface area contributed by atoms with Gasteiger partial charge in [-0.15, -0.1) is 0 Å². The van der Waals surface area contributed by atoms with Crippen molar-refractivity contribution in [2.24, 2.45) is 0 Å². The zero-order chi connectivity index (χ0) is 14.3. The molecule has 0 aliphatic carbocycles. The molecule has 1 unspecified atom stereocenters. The highest BCUT2D eigenvalue weighted by atomic mass is 32.2. The van der Waals surface area contributed by atoms with Gasteiger partial charge in [0.2, 0.25) is 0 Å². The predicted octanol–water partition coefficient (Wildman–Crippen LogP) is 0.273. The van der Waals surface area contributed by atoms with Crippen molar-refractivity contribution < 1.29 is 13.2 Å². The van der Waals surface area contributed by atoms with E-state index in [1.54, 1.807) is 7.05 Å². The Kier molecular flexibility index (Phi) is 7.23. The predicted molar refractivity (Wildman–Crippen MR) is 76.3 cm³/mol. The van der Waals surface area contributed by atoms with Crippen molar-refractivity contribution in [1.29, 1.82) is 0 Å². The van der Waals surface area contributed by atoms with Gasteiger partial charge in [-0.2, -0.15) is 12.7 Å². The van der Waals surface area contributed by atoms with Crippen LogP contribution in [0.5, 0.6) is 0 Å². The molecule has 1 fully saturated rings. The summed E-state index contributed by atoms with van der Waals surface area (Å²) in [6, 6.07) is 0.193. The Morgan fingerprint density at radius 2 is 2.00 bits per heavy atom. The minimum atomic E-state index is -3.34. The Morgan fingerprint density at radius 3 is 2.58 bits per heavy atom. The zero-order valence-electron chi connectivity index (χ0n) is 12.3. The molecule has 1 aliphatic rings. The second kappa shape index (κ2) is 8.16. The number of morpholine rings is 1. The molecule has 6 nitrogen and oxygen atoms in total. The van der Waals surface area contributed by atoms with Crippen LogP contribution in [0, 0.1) is 0 Å². The molecule has 7 heteroatoms. The quantitative estimate of drug-likeness (QED) is 0.698. The first-order chi connectivity index (χ1) is 8.97. The molecule has 1 N–H and O–H groups in total. The summed E-state index contributed by atoms with van der Waals surface area (Å²) in [5.41, 5.74) is 0. The molecule has 0 aromatic carbocycles. The Hall–Kier alpha value is -0.210. The normalized spacial score (nSPS) is 19.8. The van der Waals surface area contributed by atoms with Gasteiger partial charge in [-0.05, 0) is 13.3 Å². The number of ether oxygens (including phenoxy) is 1. The van der Waals surface area contributed by atoms with Crippen molar-refractivity contribution >= 4 is 10.2 Å². The fraction of sp³-hybridized carbons (Fsp3) is 1.00. The van der Waals surface area contributed by atoms with E-state index in [2.05, 4.69) is 9.62 Å². The molecular weight excluding hydrogens is 266 g/mol. The number of unbranched alkanes of at least 4 members (excludes halogenated alkanes) is 1. The molecule has 0 aromatic rings. The highest BCUT2D eigenvalue weighted by Gasteiger charge is 2.21. The number of hydrogen-bond acceptors (Lipinski definition) is 4. The Morgan fingerprint density at radius 1 is 1.37 bits per heavy atom. The summed E-state index contributed by atoms with van der Waals surface area (Å²) in [7, 11) is -1.72. The van der Waals surface area contributed by atoms with E-state index in [1.165, 1.54) is 4.31 Å². The van der Waals surface area contributed by atoms with Gasteiger partial charge in [0.1, 0.15) is 0 Å². The molecule has 0 amide bonds. The second-order valence-corrected chi connectivity index (χ2v) is 6.89. The molecule has 0 bridgehead atoms. The highest BCUT2D eigenvalue weighted by Crippen LogP contribution is 2.04. The van der Waals surface area contributed by atoms with Gasteiger partial charge in [-0.3, -0.25) is 4.90 Å². The minimum absolute atomic E-state index is 0.193. The third-order valence-corrected chi connectivity index (χ3v) is 5.00. The van der Waals surface area contributed by atoms with Gasteiger partial charge in [-0.25, -0.2) is 4.72 Å². The molecule has 0 aromatic heterocycles. The van der Waals surface area contributed by atoms with Gasteiger partial charge in [-0.1, -0.05) is 13.3 Å². The lowest BCUT2D eigenvalue weighted by Gasteiger charge is -2.32. The molecule has 19 heavy (non-hydrogen) atoms. The SMILES string of the molecule is CCCCN(C)S(=O)(=O)NCC(C)N1CCOCC1. The summed E-state index contributed by atoms with van der Waals surface area (Å²) in [6.07, 6.45) is 1.88. The van der Waals surface area contributed by atoms with E-state index in [-0.39, 0.29) is 6.04 Å². The van der Waals surface area contributed by atoms with Gasteiger partial charge in [0, 0.05) is 39.3 Å². The first kappa shape index (κ1) is 16.8. The number of nitrogens with one attached hydrogen (secondary N) is 1. The lowest BCUT2D eigenvalue weighted by atomic mass is 10.2. The van der Waals surface area contributed by atoms with Gasteiger partial charge in [0.05, 0.1) is 13.2 Å². The maximum Gasteiger partial charge on any atom is 0.279 e. The Bertz CT molecular complexity index is 342. The monoisotopic (exact) mass is 293 g/mol. The molecule has 0 spiro atoms. The summed E-state index contributed by atoms with van der Waals surface area (Å²) in [5.74, 6) is 0. The van der Waals surface area contributed by atoms with Crippen LogP contribution in [0.25, 0.3) is 0 Å². The first-order valence-electron chi connectivity index (χ1n) is 7.00. The lowest BCUT2D eigenvalue weighted by Crippen LogP contribution is -2.49. The summed E-state index contributed by atoms with van der Waals surface area (Å²) in [6.45, 7) is 8.30. The topological polar surface area (TPSA) is 61.9 Å². The van der Waals surface area contributed by atoms with E-state index in [1.807, 2.05) is 13.8 Å². The molecule has 1 aliphatic heterocycles. The van der Waals surface area contributed by atoms with E-state index in [9.17, 15) is 8.42 Å². The van der Waals surface area contributed by atoms with Crippen LogP contribution in [0.1, 0.15) is 26.7 Å². The first-order valence-corrected chi connectivity index (χ1v) is 8.44. The molecule has 0 saturated carbocycles. The van der Waals surface area contributed by atoms with Crippen molar-refractivity contribution in [3.05, 3.63) is 0 Å². The zero-order valence-corrected chi connectivity index (χ0v) is 13.1. The number of rotatable bonds is 8. The fourth-order valence-electron chi connectivity index (χ4n) is 1.98. The summed E-state index contributed by atoms with van der Waals surface area (Å²) < 4.78 is 33.4. The van der Waals surface area contributed by atoms with Crippen LogP contribution in [0.15, 0.2) is 0 Å². The Balaban J connectivity index is 2.36. The molecule has 1 heterocycles. The maximum atomic E-state index is 12.0. The minimum Gasteiger partial charge on any atom is -0.379 e. The Labute approximate surface area is 117 Å². The van der Waals surface area contributed by atoms with Crippen LogP contribution in [0.3, 0.4) is 0 Å². The highest BCUT2D eigenvalue weighted by molar-refractivity contribution is 7.87. The molecule has 1 atom stereocenters. The van der Waals surface area contributed by atoms with Crippen molar-refractivity contribution in [3.63, 3.8) is 0 Å². The van der Waals surface area contributed by atoms with Crippen molar-refractivity contribution in [1.82, 2.24) is 13.9 Å². The molecule has 1 saturated heterocycles. The number of nitrogens with zero attached hydrogens (tertiary/aromatic N) is 2. The largest absolute Gasteiger partial charge is 0.379 e. The second-order valence-electron chi connectivity index (χ2n) is 5.03. The van der Waals surface area contributed by atoms with E-state index in [4.69, 9.17) is 4.74 Å². The van der Waals surface area contributed by atoms with Crippen LogP contribution in [0.2, 0.25) is 0 Å².